The third kappa shape index (κ3) is 4.91. The molecule has 0 spiro atoms. The van der Waals surface area contributed by atoms with Crippen LogP contribution in [0.4, 0.5) is 11.4 Å². The molecule has 0 saturated carbocycles. The molecule has 28 heavy (non-hydrogen) atoms. The van der Waals surface area contributed by atoms with E-state index in [2.05, 4.69) is 46.6 Å². The van der Waals surface area contributed by atoms with Crippen molar-refractivity contribution >= 4 is 34.9 Å². The van der Waals surface area contributed by atoms with E-state index >= 15 is 0 Å². The van der Waals surface area contributed by atoms with E-state index in [4.69, 9.17) is 0 Å². The molecule has 0 fully saturated rings. The minimum Gasteiger partial charge on any atom is -0.149 e. The first-order valence-electron chi connectivity index (χ1n) is 8.94. The number of azo groups is 1. The van der Waals surface area contributed by atoms with E-state index in [1.165, 1.54) is 9.79 Å². The van der Waals surface area contributed by atoms with E-state index in [9.17, 15) is 0 Å². The summed E-state index contributed by atoms with van der Waals surface area (Å²) in [6, 6.07) is 36.9. The van der Waals surface area contributed by atoms with Gasteiger partial charge in [0.1, 0.15) is 0 Å². The van der Waals surface area contributed by atoms with Gasteiger partial charge in [0.05, 0.1) is 11.4 Å². The Bertz CT molecular complexity index is 977. The van der Waals surface area contributed by atoms with Gasteiger partial charge in [0.15, 0.2) is 0 Å². The molecule has 4 rings (SSSR count). The third-order valence-corrected chi connectivity index (χ3v) is 6.08. The van der Waals surface area contributed by atoms with Crippen molar-refractivity contribution in [2.45, 2.75) is 19.6 Å². The van der Waals surface area contributed by atoms with E-state index in [0.717, 1.165) is 21.2 Å². The van der Waals surface area contributed by atoms with Crippen LogP contribution in [-0.2, 0) is 0 Å². The Morgan fingerprint density at radius 2 is 0.750 bits per heavy atom. The highest BCUT2D eigenvalue weighted by Crippen LogP contribution is 2.38. The quantitative estimate of drug-likeness (QED) is 0.305. The predicted molar refractivity (Wildman–Crippen MR) is 118 cm³/mol. The third-order valence-electron chi connectivity index (χ3n) is 3.94. The Morgan fingerprint density at radius 1 is 0.393 bits per heavy atom. The standard InChI is InChI=1S/C24H18N2S2/c1-3-11-19(12-4-1)27-23-17-9-7-15-21(23)25-26-22-16-8-10-18-24(22)28-20-13-5-2-6-14-20/h1-18H. The fraction of sp³-hybridized carbons (Fsp3) is 0. The second kappa shape index (κ2) is 9.40. The summed E-state index contributed by atoms with van der Waals surface area (Å²) in [5.41, 5.74) is 1.74. The molecule has 0 aliphatic rings. The zero-order valence-corrected chi connectivity index (χ0v) is 16.7. The highest BCUT2D eigenvalue weighted by atomic mass is 32.2. The molecule has 4 aromatic carbocycles. The molecule has 0 aliphatic carbocycles. The summed E-state index contributed by atoms with van der Waals surface area (Å²) in [5, 5.41) is 9.13. The van der Waals surface area contributed by atoms with Gasteiger partial charge in [-0.25, -0.2) is 0 Å². The van der Waals surface area contributed by atoms with Gasteiger partial charge in [-0.1, -0.05) is 84.2 Å². The topological polar surface area (TPSA) is 24.7 Å². The lowest BCUT2D eigenvalue weighted by atomic mass is 10.3. The summed E-state index contributed by atoms with van der Waals surface area (Å²) in [5.74, 6) is 0. The Kier molecular flexibility index (Phi) is 6.22. The highest BCUT2D eigenvalue weighted by Gasteiger charge is 2.06. The zero-order chi connectivity index (χ0) is 19.0. The molecule has 4 heteroatoms. The lowest BCUT2D eigenvalue weighted by molar-refractivity contribution is 1.16. The molecule has 2 nitrogen and oxygen atoms in total. The van der Waals surface area contributed by atoms with Crippen molar-refractivity contribution in [2.75, 3.05) is 0 Å². The average molecular weight is 399 g/mol. The van der Waals surface area contributed by atoms with Crippen molar-refractivity contribution in [3.63, 3.8) is 0 Å². The van der Waals surface area contributed by atoms with Crippen molar-refractivity contribution in [3.05, 3.63) is 109 Å². The molecule has 136 valence electrons. The predicted octanol–water partition coefficient (Wildman–Crippen LogP) is 8.40. The van der Waals surface area contributed by atoms with E-state index in [0.29, 0.717) is 0 Å². The monoisotopic (exact) mass is 398 g/mol. The first-order chi connectivity index (χ1) is 13.9. The van der Waals surface area contributed by atoms with Gasteiger partial charge in [0.25, 0.3) is 0 Å². The van der Waals surface area contributed by atoms with Crippen LogP contribution in [0.5, 0.6) is 0 Å². The van der Waals surface area contributed by atoms with Crippen LogP contribution in [0.1, 0.15) is 0 Å². The van der Waals surface area contributed by atoms with Crippen LogP contribution in [0.25, 0.3) is 0 Å². The Balaban J connectivity index is 1.59. The van der Waals surface area contributed by atoms with Crippen molar-refractivity contribution in [1.29, 1.82) is 0 Å². The fourth-order valence-electron chi connectivity index (χ4n) is 2.59. The van der Waals surface area contributed by atoms with E-state index in [1.54, 1.807) is 23.5 Å². The molecule has 0 aliphatic heterocycles. The normalized spacial score (nSPS) is 11.0. The first kappa shape index (κ1) is 18.5. The van der Waals surface area contributed by atoms with E-state index in [1.807, 2.05) is 72.8 Å². The largest absolute Gasteiger partial charge is 0.149 e. The Morgan fingerprint density at radius 3 is 1.18 bits per heavy atom. The number of hydrogen-bond donors (Lipinski definition) is 0. The van der Waals surface area contributed by atoms with Crippen molar-refractivity contribution in [2.24, 2.45) is 10.2 Å². The molecule has 0 bridgehead atoms. The van der Waals surface area contributed by atoms with Gasteiger partial charge < -0.3 is 0 Å². The summed E-state index contributed by atoms with van der Waals surface area (Å²) >= 11 is 3.39. The summed E-state index contributed by atoms with van der Waals surface area (Å²) in [6.07, 6.45) is 0. The van der Waals surface area contributed by atoms with Gasteiger partial charge >= 0.3 is 0 Å². The summed E-state index contributed by atoms with van der Waals surface area (Å²) in [4.78, 5) is 4.55. The molecule has 0 saturated heterocycles. The van der Waals surface area contributed by atoms with Crippen LogP contribution < -0.4 is 0 Å². The second-order valence-electron chi connectivity index (χ2n) is 5.97. The van der Waals surface area contributed by atoms with Crippen LogP contribution >= 0.6 is 23.5 Å². The molecule has 0 radical (unpaired) electrons. The van der Waals surface area contributed by atoms with Crippen molar-refractivity contribution in [3.8, 4) is 0 Å². The maximum Gasteiger partial charge on any atom is 0.0996 e. The Hall–Kier alpha value is -2.82. The molecule has 0 atom stereocenters. The molecular formula is C24H18N2S2. The number of benzene rings is 4. The summed E-state index contributed by atoms with van der Waals surface area (Å²) in [6.45, 7) is 0. The zero-order valence-electron chi connectivity index (χ0n) is 15.1. The minimum atomic E-state index is 0.871. The van der Waals surface area contributed by atoms with E-state index in [-0.39, 0.29) is 0 Å². The van der Waals surface area contributed by atoms with Gasteiger partial charge in [-0.3, -0.25) is 0 Å². The molecular weight excluding hydrogens is 380 g/mol. The first-order valence-corrected chi connectivity index (χ1v) is 10.6. The molecule has 0 aromatic heterocycles. The van der Waals surface area contributed by atoms with Crippen molar-refractivity contribution in [1.82, 2.24) is 0 Å². The van der Waals surface area contributed by atoms with Crippen LogP contribution in [0, 0.1) is 0 Å². The number of nitrogens with zero attached hydrogens (tertiary/aromatic N) is 2. The molecule has 0 amide bonds. The van der Waals surface area contributed by atoms with Gasteiger partial charge in [-0.05, 0) is 48.5 Å². The SMILES string of the molecule is c1ccc(Sc2ccccc2N=Nc2ccccc2Sc2ccccc2)cc1. The van der Waals surface area contributed by atoms with Crippen LogP contribution in [0.15, 0.2) is 139 Å². The number of rotatable bonds is 6. The van der Waals surface area contributed by atoms with Crippen LogP contribution in [0.3, 0.4) is 0 Å². The maximum atomic E-state index is 4.57. The van der Waals surface area contributed by atoms with Gasteiger partial charge in [-0.15, -0.1) is 10.2 Å². The molecule has 4 aromatic rings. The average Bonchev–Trinajstić information content (AvgIpc) is 2.76. The molecule has 0 unspecified atom stereocenters. The Labute approximate surface area is 173 Å². The second-order valence-corrected chi connectivity index (χ2v) is 8.20. The maximum absolute atomic E-state index is 4.57. The van der Waals surface area contributed by atoms with Crippen molar-refractivity contribution < 1.29 is 0 Å². The van der Waals surface area contributed by atoms with Crippen LogP contribution in [-0.4, -0.2) is 0 Å². The molecule has 0 N–H and O–H groups in total. The van der Waals surface area contributed by atoms with Gasteiger partial charge in [-0.2, -0.15) is 0 Å². The minimum absolute atomic E-state index is 0.871. The van der Waals surface area contributed by atoms with Crippen LogP contribution in [0.2, 0.25) is 0 Å². The lowest BCUT2D eigenvalue weighted by Crippen LogP contribution is -1.76. The van der Waals surface area contributed by atoms with E-state index < -0.39 is 0 Å². The fourth-order valence-corrected chi connectivity index (χ4v) is 4.41. The summed E-state index contributed by atoms with van der Waals surface area (Å²) in [7, 11) is 0. The number of hydrogen-bond acceptors (Lipinski definition) is 4. The summed E-state index contributed by atoms with van der Waals surface area (Å²) < 4.78 is 0. The molecule has 0 heterocycles. The van der Waals surface area contributed by atoms with Gasteiger partial charge in [0, 0.05) is 19.6 Å². The van der Waals surface area contributed by atoms with Gasteiger partial charge in [0.2, 0.25) is 0 Å². The smallest absolute Gasteiger partial charge is 0.0996 e. The lowest BCUT2D eigenvalue weighted by Gasteiger charge is -2.06. The highest BCUT2D eigenvalue weighted by molar-refractivity contribution is 7.99.